The van der Waals surface area contributed by atoms with Crippen molar-refractivity contribution in [3.63, 3.8) is 0 Å². The second-order valence-electron chi connectivity index (χ2n) is 6.72. The van der Waals surface area contributed by atoms with E-state index >= 15 is 0 Å². The van der Waals surface area contributed by atoms with Crippen LogP contribution in [0.4, 0.5) is 11.4 Å². The van der Waals surface area contributed by atoms with Crippen molar-refractivity contribution in [2.45, 2.75) is 19.8 Å². The van der Waals surface area contributed by atoms with Crippen molar-refractivity contribution in [3.05, 3.63) is 52.0 Å². The first-order valence-electron chi connectivity index (χ1n) is 9.64. The largest absolute Gasteiger partial charge is 0.495 e. The van der Waals surface area contributed by atoms with Crippen LogP contribution in [0.25, 0.3) is 0 Å². The normalized spacial score (nSPS) is 11.0. The van der Waals surface area contributed by atoms with Gasteiger partial charge in [0.05, 0.1) is 47.0 Å². The zero-order chi connectivity index (χ0) is 23.9. The Bertz CT molecular complexity index is 1090. The van der Waals surface area contributed by atoms with E-state index in [1.165, 1.54) is 35.7 Å². The Hall–Kier alpha value is -2.49. The first-order chi connectivity index (χ1) is 15.1. The molecule has 8 nitrogen and oxygen atoms in total. The van der Waals surface area contributed by atoms with Crippen LogP contribution in [0.5, 0.6) is 5.75 Å². The lowest BCUT2D eigenvalue weighted by atomic mass is 10.2. The summed E-state index contributed by atoms with van der Waals surface area (Å²) in [7, 11) is -2.14. The molecule has 1 amide bonds. The highest BCUT2D eigenvalue weighted by Gasteiger charge is 2.19. The van der Waals surface area contributed by atoms with Crippen LogP contribution in [0.1, 0.15) is 30.1 Å². The zero-order valence-electron chi connectivity index (χ0n) is 17.9. The van der Waals surface area contributed by atoms with E-state index in [9.17, 15) is 18.0 Å². The standard InChI is InChI=1S/C21H24Cl2N2O6S/c1-4-31-21(27)14-7-9-18(16(22)12-14)24-20(26)6-5-11-25(32(3,28)29)15-8-10-19(30-2)17(23)13-15/h7-10,12-13H,4-6,11H2,1-3H3,(H,24,26). The van der Waals surface area contributed by atoms with Crippen LogP contribution < -0.4 is 14.4 Å². The van der Waals surface area contributed by atoms with Crippen LogP contribution >= 0.6 is 23.2 Å². The molecule has 11 heteroatoms. The van der Waals surface area contributed by atoms with Crippen LogP contribution in [0.2, 0.25) is 10.0 Å². The summed E-state index contributed by atoms with van der Waals surface area (Å²) >= 11 is 12.3. The monoisotopic (exact) mass is 502 g/mol. The molecule has 2 aromatic carbocycles. The van der Waals surface area contributed by atoms with Gasteiger partial charge in [-0.2, -0.15) is 0 Å². The molecule has 2 rings (SSSR count). The fourth-order valence-electron chi connectivity index (χ4n) is 2.85. The van der Waals surface area contributed by atoms with Gasteiger partial charge < -0.3 is 14.8 Å². The summed E-state index contributed by atoms with van der Waals surface area (Å²) in [5.74, 6) is -0.433. The molecule has 174 valence electrons. The minimum atomic E-state index is -3.60. The number of methoxy groups -OCH3 is 1. The molecular formula is C21H24Cl2N2O6S. The number of sulfonamides is 1. The number of esters is 1. The Kier molecular flexibility index (Phi) is 9.18. The molecule has 0 heterocycles. The molecule has 0 unspecified atom stereocenters. The van der Waals surface area contributed by atoms with Gasteiger partial charge in [0.25, 0.3) is 0 Å². The molecule has 0 aliphatic rings. The van der Waals surface area contributed by atoms with Gasteiger partial charge >= 0.3 is 5.97 Å². The number of carbonyl (C=O) groups excluding carboxylic acids is 2. The van der Waals surface area contributed by atoms with Gasteiger partial charge in [-0.15, -0.1) is 0 Å². The quantitative estimate of drug-likeness (QED) is 0.484. The third kappa shape index (κ3) is 7.01. The van der Waals surface area contributed by atoms with Crippen LogP contribution in [0.15, 0.2) is 36.4 Å². The lowest BCUT2D eigenvalue weighted by molar-refractivity contribution is -0.116. The summed E-state index contributed by atoms with van der Waals surface area (Å²) < 4.78 is 35.6. The Balaban J connectivity index is 2.01. The van der Waals surface area contributed by atoms with E-state index in [0.717, 1.165) is 6.26 Å². The molecule has 32 heavy (non-hydrogen) atoms. The molecule has 0 aliphatic carbocycles. The highest BCUT2D eigenvalue weighted by molar-refractivity contribution is 7.92. The van der Waals surface area contributed by atoms with Gasteiger partial charge in [-0.05, 0) is 49.7 Å². The van der Waals surface area contributed by atoms with Crippen LogP contribution in [0, 0.1) is 0 Å². The Labute approximate surface area is 197 Å². The number of benzene rings is 2. The van der Waals surface area contributed by atoms with Crippen molar-refractivity contribution in [2.24, 2.45) is 0 Å². The maximum atomic E-state index is 12.3. The molecule has 0 aliphatic heterocycles. The first-order valence-corrected chi connectivity index (χ1v) is 12.2. The Morgan fingerprint density at radius 1 is 1.09 bits per heavy atom. The summed E-state index contributed by atoms with van der Waals surface area (Å²) in [6.07, 6.45) is 1.38. The van der Waals surface area contributed by atoms with Gasteiger partial charge in [-0.25, -0.2) is 13.2 Å². The summed E-state index contributed by atoms with van der Waals surface area (Å²) in [5, 5.41) is 3.12. The SMILES string of the molecule is CCOC(=O)c1ccc(NC(=O)CCCN(c2ccc(OC)c(Cl)c2)S(C)(=O)=O)c(Cl)c1. The highest BCUT2D eigenvalue weighted by atomic mass is 35.5. The lowest BCUT2D eigenvalue weighted by Gasteiger charge is -2.23. The third-order valence-electron chi connectivity index (χ3n) is 4.34. The van der Waals surface area contributed by atoms with Gasteiger partial charge in [0, 0.05) is 13.0 Å². The molecule has 0 bridgehead atoms. The average Bonchev–Trinajstić information content (AvgIpc) is 2.72. The lowest BCUT2D eigenvalue weighted by Crippen LogP contribution is -2.31. The predicted octanol–water partition coefficient (Wildman–Crippen LogP) is 4.36. The molecule has 0 fully saturated rings. The third-order valence-corrected chi connectivity index (χ3v) is 6.15. The molecule has 0 saturated carbocycles. The fraction of sp³-hybridized carbons (Fsp3) is 0.333. The summed E-state index contributed by atoms with van der Waals surface area (Å²) in [4.78, 5) is 24.1. The number of halogens is 2. The van der Waals surface area contributed by atoms with E-state index in [1.54, 1.807) is 19.1 Å². The van der Waals surface area contributed by atoms with E-state index in [-0.39, 0.29) is 47.5 Å². The van der Waals surface area contributed by atoms with E-state index in [2.05, 4.69) is 5.32 Å². The van der Waals surface area contributed by atoms with E-state index in [0.29, 0.717) is 17.1 Å². The maximum absolute atomic E-state index is 12.3. The predicted molar refractivity (Wildman–Crippen MR) is 125 cm³/mol. The minimum Gasteiger partial charge on any atom is -0.495 e. The van der Waals surface area contributed by atoms with Crippen molar-refractivity contribution in [1.29, 1.82) is 0 Å². The summed E-state index contributed by atoms with van der Waals surface area (Å²) in [6, 6.07) is 9.06. The molecule has 1 N–H and O–H groups in total. The molecule has 0 spiro atoms. The van der Waals surface area contributed by atoms with Gasteiger partial charge in [-0.3, -0.25) is 9.10 Å². The van der Waals surface area contributed by atoms with Crippen LogP contribution in [0.3, 0.4) is 0 Å². The number of amides is 1. The average molecular weight is 503 g/mol. The molecule has 0 saturated heterocycles. The minimum absolute atomic E-state index is 0.0475. The number of carbonyl (C=O) groups is 2. The second kappa shape index (κ2) is 11.4. The van der Waals surface area contributed by atoms with Crippen molar-refractivity contribution in [3.8, 4) is 5.75 Å². The van der Waals surface area contributed by atoms with Crippen molar-refractivity contribution in [1.82, 2.24) is 0 Å². The van der Waals surface area contributed by atoms with Crippen molar-refractivity contribution in [2.75, 3.05) is 36.1 Å². The number of nitrogens with zero attached hydrogens (tertiary/aromatic N) is 1. The maximum Gasteiger partial charge on any atom is 0.338 e. The molecular weight excluding hydrogens is 479 g/mol. The number of anilines is 2. The van der Waals surface area contributed by atoms with E-state index < -0.39 is 16.0 Å². The Morgan fingerprint density at radius 3 is 2.38 bits per heavy atom. The zero-order valence-corrected chi connectivity index (χ0v) is 20.2. The van der Waals surface area contributed by atoms with E-state index in [1.807, 2.05) is 0 Å². The summed E-state index contributed by atoms with van der Waals surface area (Å²) in [5.41, 5.74) is 0.986. The van der Waals surface area contributed by atoms with Crippen molar-refractivity contribution < 1.29 is 27.5 Å². The van der Waals surface area contributed by atoms with Gasteiger partial charge in [0.2, 0.25) is 15.9 Å². The number of nitrogens with one attached hydrogen (secondary N) is 1. The molecule has 0 aromatic heterocycles. The number of rotatable bonds is 10. The number of hydrogen-bond acceptors (Lipinski definition) is 6. The van der Waals surface area contributed by atoms with Gasteiger partial charge in [0.1, 0.15) is 5.75 Å². The van der Waals surface area contributed by atoms with Gasteiger partial charge in [-0.1, -0.05) is 23.2 Å². The fourth-order valence-corrected chi connectivity index (χ4v) is 4.29. The first kappa shape index (κ1) is 25.8. The Morgan fingerprint density at radius 2 is 1.81 bits per heavy atom. The number of ether oxygens (including phenoxy) is 2. The van der Waals surface area contributed by atoms with Crippen molar-refractivity contribution >= 4 is 56.5 Å². The molecule has 0 atom stereocenters. The summed E-state index contributed by atoms with van der Waals surface area (Å²) in [6.45, 7) is 2.01. The van der Waals surface area contributed by atoms with Crippen LogP contribution in [-0.4, -0.2) is 46.8 Å². The van der Waals surface area contributed by atoms with E-state index in [4.69, 9.17) is 32.7 Å². The second-order valence-corrected chi connectivity index (χ2v) is 9.44. The van der Waals surface area contributed by atoms with Crippen LogP contribution in [-0.2, 0) is 19.6 Å². The number of hydrogen-bond donors (Lipinski definition) is 1. The molecule has 0 radical (unpaired) electrons. The topological polar surface area (TPSA) is 102 Å². The molecule has 2 aromatic rings. The highest BCUT2D eigenvalue weighted by Crippen LogP contribution is 2.30. The van der Waals surface area contributed by atoms with Gasteiger partial charge in [0.15, 0.2) is 0 Å². The smallest absolute Gasteiger partial charge is 0.338 e.